The molecule has 0 aliphatic rings. The van der Waals surface area contributed by atoms with Crippen LogP contribution in [-0.4, -0.2) is 38.3 Å². The lowest BCUT2D eigenvalue weighted by Gasteiger charge is -2.21. The van der Waals surface area contributed by atoms with Gasteiger partial charge in [-0.3, -0.25) is 14.2 Å². The first-order chi connectivity index (χ1) is 12.1. The average molecular weight is 336 g/mol. The van der Waals surface area contributed by atoms with Crippen LogP contribution in [0.3, 0.4) is 0 Å². The van der Waals surface area contributed by atoms with E-state index in [1.165, 1.54) is 5.56 Å². The van der Waals surface area contributed by atoms with Gasteiger partial charge in [0, 0.05) is 31.7 Å². The fourth-order valence-corrected chi connectivity index (χ4v) is 3.03. The summed E-state index contributed by atoms with van der Waals surface area (Å²) in [6.45, 7) is 7.45. The Bertz CT molecular complexity index is 870. The fraction of sp³-hybridized carbons (Fsp3) is 0.350. The molecular weight excluding hydrogens is 312 g/mol. The van der Waals surface area contributed by atoms with E-state index in [9.17, 15) is 4.79 Å². The van der Waals surface area contributed by atoms with Gasteiger partial charge in [0.25, 0.3) is 5.91 Å². The van der Waals surface area contributed by atoms with Crippen molar-refractivity contribution in [1.29, 1.82) is 0 Å². The Hall–Kier alpha value is -2.69. The minimum absolute atomic E-state index is 0.0461. The van der Waals surface area contributed by atoms with Crippen LogP contribution < -0.4 is 0 Å². The van der Waals surface area contributed by atoms with Gasteiger partial charge in [-0.2, -0.15) is 0 Å². The van der Waals surface area contributed by atoms with Crippen LogP contribution in [-0.2, 0) is 12.8 Å². The molecule has 3 aromatic heterocycles. The molecule has 0 aliphatic heterocycles. The van der Waals surface area contributed by atoms with Gasteiger partial charge in [0.2, 0.25) is 0 Å². The fourth-order valence-electron chi connectivity index (χ4n) is 3.03. The van der Waals surface area contributed by atoms with Crippen molar-refractivity contribution in [1.82, 2.24) is 19.3 Å². The summed E-state index contributed by atoms with van der Waals surface area (Å²) in [6, 6.07) is 8.01. The van der Waals surface area contributed by atoms with Crippen molar-refractivity contribution in [3.05, 3.63) is 65.4 Å². The summed E-state index contributed by atoms with van der Waals surface area (Å²) in [5, 5.41) is 0. The maximum Gasteiger partial charge on any atom is 0.272 e. The Morgan fingerprint density at radius 2 is 1.96 bits per heavy atom. The molecule has 0 radical (unpaired) electrons. The Kier molecular flexibility index (Phi) is 5.12. The molecule has 0 atom stereocenters. The van der Waals surface area contributed by atoms with E-state index in [1.54, 1.807) is 12.4 Å². The van der Waals surface area contributed by atoms with Gasteiger partial charge in [0.1, 0.15) is 11.3 Å². The number of carbonyl (C=O) groups excluding carboxylic acids is 1. The minimum Gasteiger partial charge on any atom is -0.337 e. The molecule has 1 amide bonds. The average Bonchev–Trinajstić information content (AvgIpc) is 3.00. The van der Waals surface area contributed by atoms with E-state index in [0.717, 1.165) is 29.7 Å². The lowest BCUT2D eigenvalue weighted by Crippen LogP contribution is -2.34. The summed E-state index contributed by atoms with van der Waals surface area (Å²) in [5.41, 5.74) is 4.72. The van der Waals surface area contributed by atoms with Crippen LogP contribution in [0.25, 0.3) is 5.65 Å². The maximum absolute atomic E-state index is 13.2. The minimum atomic E-state index is 0.0461. The van der Waals surface area contributed by atoms with Crippen molar-refractivity contribution in [3.63, 3.8) is 0 Å². The quantitative estimate of drug-likeness (QED) is 0.694. The number of fused-ring (bicyclic) bond motifs is 1. The van der Waals surface area contributed by atoms with Crippen molar-refractivity contribution in [3.8, 4) is 0 Å². The summed E-state index contributed by atoms with van der Waals surface area (Å²) in [7, 11) is 0. The van der Waals surface area contributed by atoms with Crippen LogP contribution >= 0.6 is 0 Å². The normalized spacial score (nSPS) is 11.0. The molecule has 0 spiro atoms. The molecule has 0 aliphatic carbocycles. The smallest absolute Gasteiger partial charge is 0.272 e. The number of rotatable bonds is 6. The number of aromatic nitrogens is 3. The molecule has 25 heavy (non-hydrogen) atoms. The van der Waals surface area contributed by atoms with Gasteiger partial charge in [-0.15, -0.1) is 0 Å². The maximum atomic E-state index is 13.2. The predicted octanol–water partition coefficient (Wildman–Crippen LogP) is 3.30. The third-order valence-electron chi connectivity index (χ3n) is 4.48. The van der Waals surface area contributed by atoms with Crippen molar-refractivity contribution < 1.29 is 4.79 Å². The third kappa shape index (κ3) is 3.55. The molecule has 0 N–H and O–H groups in total. The molecule has 0 bridgehead atoms. The van der Waals surface area contributed by atoms with Crippen LogP contribution in [0.15, 0.2) is 42.9 Å². The van der Waals surface area contributed by atoms with Crippen LogP contribution in [0.2, 0.25) is 0 Å². The van der Waals surface area contributed by atoms with Gasteiger partial charge >= 0.3 is 0 Å². The van der Waals surface area contributed by atoms with Gasteiger partial charge < -0.3 is 4.90 Å². The number of hydrogen-bond donors (Lipinski definition) is 0. The number of nitrogens with zero attached hydrogens (tertiary/aromatic N) is 4. The molecule has 0 aromatic carbocycles. The summed E-state index contributed by atoms with van der Waals surface area (Å²) < 4.78 is 1.92. The summed E-state index contributed by atoms with van der Waals surface area (Å²) in [5.74, 6) is 0.0461. The zero-order chi connectivity index (χ0) is 17.8. The van der Waals surface area contributed by atoms with Gasteiger partial charge in [-0.25, -0.2) is 4.98 Å². The third-order valence-corrected chi connectivity index (χ3v) is 4.48. The number of amides is 1. The van der Waals surface area contributed by atoms with Gasteiger partial charge in [0.05, 0.1) is 5.69 Å². The largest absolute Gasteiger partial charge is 0.337 e. The summed E-state index contributed by atoms with van der Waals surface area (Å²) >= 11 is 0. The van der Waals surface area contributed by atoms with Crippen LogP contribution in [0.5, 0.6) is 0 Å². The zero-order valence-corrected chi connectivity index (χ0v) is 15.1. The molecular formula is C20H24N4O. The lowest BCUT2D eigenvalue weighted by atomic mass is 10.1. The highest BCUT2D eigenvalue weighted by Crippen LogP contribution is 2.17. The molecule has 3 aromatic rings. The second-order valence-corrected chi connectivity index (χ2v) is 6.18. The van der Waals surface area contributed by atoms with Gasteiger partial charge in [-0.05, 0) is 62.1 Å². The van der Waals surface area contributed by atoms with Crippen LogP contribution in [0.4, 0.5) is 0 Å². The van der Waals surface area contributed by atoms with E-state index in [2.05, 4.69) is 9.97 Å². The van der Waals surface area contributed by atoms with Crippen molar-refractivity contribution >= 4 is 11.6 Å². The molecule has 5 heteroatoms. The molecule has 130 valence electrons. The van der Waals surface area contributed by atoms with Crippen molar-refractivity contribution in [2.75, 3.05) is 13.1 Å². The number of carbonyl (C=O) groups is 1. The Labute approximate surface area is 148 Å². The first-order valence-electron chi connectivity index (χ1n) is 8.79. The van der Waals surface area contributed by atoms with E-state index in [-0.39, 0.29) is 5.91 Å². The van der Waals surface area contributed by atoms with Gasteiger partial charge in [0.15, 0.2) is 0 Å². The topological polar surface area (TPSA) is 50.5 Å². The second-order valence-electron chi connectivity index (χ2n) is 6.18. The van der Waals surface area contributed by atoms with E-state index >= 15 is 0 Å². The predicted molar refractivity (Wildman–Crippen MR) is 98.8 cm³/mol. The summed E-state index contributed by atoms with van der Waals surface area (Å²) in [4.78, 5) is 23.8. The molecule has 0 unspecified atom stereocenters. The Morgan fingerprint density at radius 1 is 1.20 bits per heavy atom. The SMILES string of the molecule is CCc1nc2cc(C)ccn2c1C(=O)N(CC)CCc1ccncc1. The van der Waals surface area contributed by atoms with E-state index in [1.807, 2.05) is 60.5 Å². The molecule has 0 saturated heterocycles. The standard InChI is InChI=1S/C20H24N4O/c1-4-17-19(24-13-8-15(3)14-18(24)22-17)20(25)23(5-2)12-9-16-6-10-21-11-7-16/h6-8,10-11,13-14H,4-5,9,12H2,1-3H3. The molecule has 3 heterocycles. The number of likely N-dealkylation sites (N-methyl/N-ethyl adjacent to an activating group) is 1. The van der Waals surface area contributed by atoms with Crippen molar-refractivity contribution in [2.45, 2.75) is 33.6 Å². The Morgan fingerprint density at radius 3 is 2.64 bits per heavy atom. The highest BCUT2D eigenvalue weighted by atomic mass is 16.2. The van der Waals surface area contributed by atoms with Gasteiger partial charge in [-0.1, -0.05) is 6.92 Å². The van der Waals surface area contributed by atoms with Crippen LogP contribution in [0, 0.1) is 6.92 Å². The van der Waals surface area contributed by atoms with E-state index in [0.29, 0.717) is 18.8 Å². The van der Waals surface area contributed by atoms with E-state index in [4.69, 9.17) is 0 Å². The molecule has 0 fully saturated rings. The van der Waals surface area contributed by atoms with Crippen LogP contribution in [0.1, 0.15) is 41.2 Å². The molecule has 0 saturated carbocycles. The Balaban J connectivity index is 1.88. The lowest BCUT2D eigenvalue weighted by molar-refractivity contribution is 0.0758. The highest BCUT2D eigenvalue weighted by molar-refractivity contribution is 5.94. The number of hydrogen-bond acceptors (Lipinski definition) is 3. The molecule has 3 rings (SSSR count). The second kappa shape index (κ2) is 7.47. The highest BCUT2D eigenvalue weighted by Gasteiger charge is 2.22. The molecule has 5 nitrogen and oxygen atoms in total. The first kappa shape index (κ1) is 17.1. The zero-order valence-electron chi connectivity index (χ0n) is 15.1. The van der Waals surface area contributed by atoms with Crippen molar-refractivity contribution in [2.24, 2.45) is 0 Å². The number of pyridine rings is 2. The monoisotopic (exact) mass is 336 g/mol. The summed E-state index contributed by atoms with van der Waals surface area (Å²) in [6.07, 6.45) is 7.08. The number of aryl methyl sites for hydroxylation is 2. The van der Waals surface area contributed by atoms with E-state index < -0.39 is 0 Å². The number of imidazole rings is 1. The first-order valence-corrected chi connectivity index (χ1v) is 8.79.